The molecule has 0 fully saturated rings. The molecule has 0 radical (unpaired) electrons. The van der Waals surface area contributed by atoms with Gasteiger partial charge in [0.1, 0.15) is 41.3 Å². The first-order valence-electron chi connectivity index (χ1n) is 5.65. The Morgan fingerprint density at radius 3 is 2.75 bits per heavy atom. The maximum atomic E-state index is 9.20. The van der Waals surface area contributed by atoms with Gasteiger partial charge in [0.05, 0.1) is 24.2 Å². The van der Waals surface area contributed by atoms with Crippen LogP contribution in [0.2, 0.25) is 0 Å². The summed E-state index contributed by atoms with van der Waals surface area (Å²) in [5, 5.41) is 27.6. The standard InChI is InChI=1S/C11H12BrN5O3/c12-9-7(1-13)8-10(14)15-4-16-11(8)17(9)5-20-6(2-18)3-19/h4,6,18-19H,2-3,5H2,(H2,14,15,16). The van der Waals surface area contributed by atoms with Crippen molar-refractivity contribution in [2.24, 2.45) is 0 Å². The SMILES string of the molecule is N#Cc1c(Br)n(COC(CO)CO)c2ncnc(N)c12. The maximum absolute atomic E-state index is 9.20. The Morgan fingerprint density at radius 1 is 1.45 bits per heavy atom. The summed E-state index contributed by atoms with van der Waals surface area (Å²) in [7, 11) is 0. The zero-order chi connectivity index (χ0) is 14.7. The fourth-order valence-corrected chi connectivity index (χ4v) is 2.29. The van der Waals surface area contributed by atoms with E-state index in [0.29, 0.717) is 21.2 Å². The summed E-state index contributed by atoms with van der Waals surface area (Å²) in [5.74, 6) is 0.201. The lowest BCUT2D eigenvalue weighted by Gasteiger charge is -2.14. The second-order valence-electron chi connectivity index (χ2n) is 3.95. The molecular weight excluding hydrogens is 330 g/mol. The summed E-state index contributed by atoms with van der Waals surface area (Å²) >= 11 is 3.30. The molecular formula is C11H12BrN5O3. The monoisotopic (exact) mass is 341 g/mol. The normalized spacial score (nSPS) is 11.2. The van der Waals surface area contributed by atoms with Crippen LogP contribution in [0.5, 0.6) is 0 Å². The van der Waals surface area contributed by atoms with Crippen LogP contribution in [-0.2, 0) is 11.5 Å². The van der Waals surface area contributed by atoms with Crippen molar-refractivity contribution in [1.29, 1.82) is 5.26 Å². The molecule has 0 saturated carbocycles. The van der Waals surface area contributed by atoms with E-state index >= 15 is 0 Å². The average Bonchev–Trinajstić information content (AvgIpc) is 2.73. The van der Waals surface area contributed by atoms with Crippen LogP contribution in [0, 0.1) is 11.3 Å². The molecule has 0 amide bonds. The number of rotatable bonds is 5. The number of nitrogens with zero attached hydrogens (tertiary/aromatic N) is 4. The van der Waals surface area contributed by atoms with Crippen LogP contribution in [-0.4, -0.2) is 44.1 Å². The predicted octanol–water partition coefficient (Wildman–Crippen LogP) is -0.0250. The fraction of sp³-hybridized carbons (Fsp3) is 0.364. The molecule has 20 heavy (non-hydrogen) atoms. The molecule has 0 bridgehead atoms. The number of aromatic nitrogens is 3. The molecule has 4 N–H and O–H groups in total. The van der Waals surface area contributed by atoms with Gasteiger partial charge in [-0.1, -0.05) is 0 Å². The zero-order valence-corrected chi connectivity index (χ0v) is 11.9. The molecule has 0 aliphatic carbocycles. The van der Waals surface area contributed by atoms with Crippen molar-refractivity contribution in [3.05, 3.63) is 16.5 Å². The van der Waals surface area contributed by atoms with Gasteiger partial charge in [0.25, 0.3) is 0 Å². The van der Waals surface area contributed by atoms with Crippen LogP contribution in [0.4, 0.5) is 5.82 Å². The minimum Gasteiger partial charge on any atom is -0.394 e. The molecule has 0 saturated heterocycles. The van der Waals surface area contributed by atoms with E-state index in [0.717, 1.165) is 0 Å². The number of aliphatic hydroxyl groups excluding tert-OH is 2. The van der Waals surface area contributed by atoms with Gasteiger partial charge in [0.2, 0.25) is 0 Å². The maximum Gasteiger partial charge on any atom is 0.149 e. The summed E-state index contributed by atoms with van der Waals surface area (Å²) in [6, 6.07) is 2.03. The van der Waals surface area contributed by atoms with Crippen LogP contribution < -0.4 is 5.73 Å². The molecule has 0 aliphatic rings. The summed E-state index contributed by atoms with van der Waals surface area (Å²) in [6.07, 6.45) is 0.584. The number of hydrogen-bond donors (Lipinski definition) is 3. The lowest BCUT2D eigenvalue weighted by atomic mass is 10.2. The Labute approximate surface area is 122 Å². The molecule has 9 heteroatoms. The number of ether oxygens (including phenoxy) is 1. The van der Waals surface area contributed by atoms with E-state index in [2.05, 4.69) is 25.9 Å². The van der Waals surface area contributed by atoms with Crippen molar-refractivity contribution in [3.8, 4) is 6.07 Å². The third-order valence-corrected chi connectivity index (χ3v) is 3.59. The fourth-order valence-electron chi connectivity index (χ4n) is 1.73. The molecule has 2 heterocycles. The summed E-state index contributed by atoms with van der Waals surface area (Å²) < 4.78 is 7.36. The van der Waals surface area contributed by atoms with E-state index in [9.17, 15) is 5.26 Å². The van der Waals surface area contributed by atoms with Gasteiger partial charge in [-0.25, -0.2) is 9.97 Å². The first kappa shape index (κ1) is 14.7. The van der Waals surface area contributed by atoms with E-state index < -0.39 is 6.10 Å². The highest BCUT2D eigenvalue weighted by Crippen LogP contribution is 2.31. The van der Waals surface area contributed by atoms with Gasteiger partial charge in [-0.05, 0) is 15.9 Å². The average molecular weight is 342 g/mol. The topological polar surface area (TPSA) is 130 Å². The Bertz CT molecular complexity index is 662. The van der Waals surface area contributed by atoms with Crippen molar-refractivity contribution in [2.75, 3.05) is 18.9 Å². The minimum atomic E-state index is -0.705. The highest BCUT2D eigenvalue weighted by molar-refractivity contribution is 9.10. The quantitative estimate of drug-likeness (QED) is 0.696. The highest BCUT2D eigenvalue weighted by Gasteiger charge is 2.19. The highest BCUT2D eigenvalue weighted by atomic mass is 79.9. The molecule has 2 rings (SSSR count). The lowest BCUT2D eigenvalue weighted by molar-refractivity contribution is -0.0492. The number of nitriles is 1. The third-order valence-electron chi connectivity index (χ3n) is 2.76. The van der Waals surface area contributed by atoms with Crippen molar-refractivity contribution >= 4 is 32.8 Å². The number of aliphatic hydroxyl groups is 2. The molecule has 106 valence electrons. The van der Waals surface area contributed by atoms with Crippen LogP contribution in [0.15, 0.2) is 10.9 Å². The molecule has 0 unspecified atom stereocenters. The Hall–Kier alpha value is -1.73. The molecule has 0 aromatic carbocycles. The first-order chi connectivity index (χ1) is 9.63. The number of halogens is 1. The number of nitrogens with two attached hydrogens (primary N) is 1. The predicted molar refractivity (Wildman–Crippen MR) is 73.4 cm³/mol. The van der Waals surface area contributed by atoms with Gasteiger partial charge in [0.15, 0.2) is 0 Å². The van der Waals surface area contributed by atoms with Gasteiger partial charge in [-0.15, -0.1) is 0 Å². The van der Waals surface area contributed by atoms with Crippen LogP contribution in [0.1, 0.15) is 5.56 Å². The minimum absolute atomic E-state index is 0.000995. The molecule has 0 atom stereocenters. The van der Waals surface area contributed by atoms with Gasteiger partial charge >= 0.3 is 0 Å². The smallest absolute Gasteiger partial charge is 0.149 e. The summed E-state index contributed by atoms with van der Waals surface area (Å²) in [5.41, 5.74) is 6.52. The molecule has 0 spiro atoms. The van der Waals surface area contributed by atoms with Gasteiger partial charge in [-0.3, -0.25) is 4.57 Å². The molecule has 2 aromatic heterocycles. The first-order valence-corrected chi connectivity index (χ1v) is 6.44. The van der Waals surface area contributed by atoms with E-state index in [-0.39, 0.29) is 25.8 Å². The van der Waals surface area contributed by atoms with Crippen molar-refractivity contribution < 1.29 is 14.9 Å². The van der Waals surface area contributed by atoms with E-state index in [1.807, 2.05) is 6.07 Å². The van der Waals surface area contributed by atoms with Gasteiger partial charge < -0.3 is 20.7 Å². The number of fused-ring (bicyclic) bond motifs is 1. The van der Waals surface area contributed by atoms with Crippen molar-refractivity contribution in [2.45, 2.75) is 12.8 Å². The van der Waals surface area contributed by atoms with Gasteiger partial charge in [-0.2, -0.15) is 5.26 Å². The lowest BCUT2D eigenvalue weighted by Crippen LogP contribution is -2.23. The van der Waals surface area contributed by atoms with Gasteiger partial charge in [0, 0.05) is 0 Å². The second kappa shape index (κ2) is 6.15. The number of nitrogen functional groups attached to an aromatic ring is 1. The van der Waals surface area contributed by atoms with E-state index in [1.165, 1.54) is 6.33 Å². The Kier molecular flexibility index (Phi) is 4.51. The van der Waals surface area contributed by atoms with Crippen LogP contribution in [0.25, 0.3) is 11.0 Å². The van der Waals surface area contributed by atoms with Crippen LogP contribution >= 0.6 is 15.9 Å². The van der Waals surface area contributed by atoms with Crippen molar-refractivity contribution in [1.82, 2.24) is 14.5 Å². The number of hydrogen-bond acceptors (Lipinski definition) is 7. The largest absolute Gasteiger partial charge is 0.394 e. The summed E-state index contributed by atoms with van der Waals surface area (Å²) in [4.78, 5) is 7.95. The summed E-state index contributed by atoms with van der Waals surface area (Å²) in [6.45, 7) is -0.619. The van der Waals surface area contributed by atoms with E-state index in [4.69, 9.17) is 20.7 Å². The van der Waals surface area contributed by atoms with Crippen LogP contribution in [0.3, 0.4) is 0 Å². The Balaban J connectivity index is 2.46. The zero-order valence-electron chi connectivity index (χ0n) is 10.3. The second-order valence-corrected chi connectivity index (χ2v) is 4.70. The molecule has 2 aromatic rings. The third kappa shape index (κ3) is 2.46. The number of anilines is 1. The molecule has 0 aliphatic heterocycles. The van der Waals surface area contributed by atoms with E-state index in [1.54, 1.807) is 4.57 Å². The van der Waals surface area contributed by atoms with Crippen molar-refractivity contribution in [3.63, 3.8) is 0 Å². The Morgan fingerprint density at radius 2 is 2.15 bits per heavy atom. The molecule has 8 nitrogen and oxygen atoms in total.